The molecule has 2 aromatic carbocycles. The fourth-order valence-corrected chi connectivity index (χ4v) is 4.08. The highest BCUT2D eigenvalue weighted by Crippen LogP contribution is 2.59. The SMILES string of the molecule is CC12CC(C(=O)NO)N(C(=O)CNC(=O)c3ccc(Oc4ccccc4)cc3)C1C2. The van der Waals surface area contributed by atoms with Crippen LogP contribution in [0.15, 0.2) is 54.6 Å². The van der Waals surface area contributed by atoms with Crippen LogP contribution in [0, 0.1) is 5.41 Å². The number of hydrogen-bond acceptors (Lipinski definition) is 5. The van der Waals surface area contributed by atoms with Crippen molar-refractivity contribution in [1.82, 2.24) is 15.7 Å². The molecule has 1 saturated carbocycles. The lowest BCUT2D eigenvalue weighted by atomic mass is 10.0. The van der Waals surface area contributed by atoms with Gasteiger partial charge in [0.15, 0.2) is 0 Å². The van der Waals surface area contributed by atoms with Crippen LogP contribution in [0.1, 0.15) is 30.1 Å². The van der Waals surface area contributed by atoms with E-state index >= 15 is 0 Å². The standard InChI is InChI=1S/C22H23N3O5/c1-22-11-17(21(28)24-29)25(18(22)12-22)19(26)13-23-20(27)14-7-9-16(10-8-14)30-15-5-3-2-4-6-15/h2-10,17-18,29H,11-13H2,1H3,(H,23,27)(H,24,28). The van der Waals surface area contributed by atoms with E-state index in [-0.39, 0.29) is 23.9 Å². The van der Waals surface area contributed by atoms with Crippen molar-refractivity contribution in [2.75, 3.05) is 6.54 Å². The smallest absolute Gasteiger partial charge is 0.266 e. The van der Waals surface area contributed by atoms with Crippen LogP contribution in [0.3, 0.4) is 0 Å². The second-order valence-corrected chi connectivity index (χ2v) is 7.99. The number of fused-ring (bicyclic) bond motifs is 1. The monoisotopic (exact) mass is 409 g/mol. The summed E-state index contributed by atoms with van der Waals surface area (Å²) in [4.78, 5) is 38.5. The van der Waals surface area contributed by atoms with Crippen LogP contribution < -0.4 is 15.5 Å². The third kappa shape index (κ3) is 3.86. The minimum atomic E-state index is -0.711. The van der Waals surface area contributed by atoms with Gasteiger partial charge in [-0.1, -0.05) is 25.1 Å². The number of hydroxylamine groups is 1. The molecule has 3 atom stereocenters. The van der Waals surface area contributed by atoms with E-state index in [4.69, 9.17) is 9.94 Å². The first kappa shape index (κ1) is 19.9. The highest BCUT2D eigenvalue weighted by atomic mass is 16.5. The predicted octanol–water partition coefficient (Wildman–Crippen LogP) is 2.09. The van der Waals surface area contributed by atoms with Gasteiger partial charge in [0, 0.05) is 11.6 Å². The number of likely N-dealkylation sites (tertiary alicyclic amines) is 1. The molecule has 30 heavy (non-hydrogen) atoms. The third-order valence-corrected chi connectivity index (χ3v) is 5.83. The molecule has 3 N–H and O–H groups in total. The molecule has 2 fully saturated rings. The van der Waals surface area contributed by atoms with Gasteiger partial charge in [-0.25, -0.2) is 5.48 Å². The minimum Gasteiger partial charge on any atom is -0.457 e. The van der Waals surface area contributed by atoms with E-state index < -0.39 is 17.9 Å². The molecule has 8 heteroatoms. The van der Waals surface area contributed by atoms with Gasteiger partial charge in [0.1, 0.15) is 17.5 Å². The number of ether oxygens (including phenoxy) is 1. The minimum absolute atomic E-state index is 0.0291. The summed E-state index contributed by atoms with van der Waals surface area (Å²) in [5.41, 5.74) is 1.93. The summed E-state index contributed by atoms with van der Waals surface area (Å²) in [7, 11) is 0. The summed E-state index contributed by atoms with van der Waals surface area (Å²) < 4.78 is 5.70. The Labute approximate surface area is 173 Å². The number of nitrogens with one attached hydrogen (secondary N) is 2. The van der Waals surface area contributed by atoms with Gasteiger partial charge in [0.2, 0.25) is 5.91 Å². The lowest BCUT2D eigenvalue weighted by Gasteiger charge is -2.26. The quantitative estimate of drug-likeness (QED) is 0.500. The Hall–Kier alpha value is -3.39. The molecule has 0 spiro atoms. The lowest BCUT2D eigenvalue weighted by molar-refractivity contribution is -0.143. The number of carbonyl (C=O) groups excluding carboxylic acids is 3. The summed E-state index contributed by atoms with van der Waals surface area (Å²) in [5, 5.41) is 11.6. The Balaban J connectivity index is 1.34. The van der Waals surface area contributed by atoms with Gasteiger partial charge in [-0.3, -0.25) is 19.6 Å². The maximum atomic E-state index is 12.7. The van der Waals surface area contributed by atoms with Crippen LogP contribution in [0.2, 0.25) is 0 Å². The van der Waals surface area contributed by atoms with Gasteiger partial charge < -0.3 is 15.0 Å². The van der Waals surface area contributed by atoms with Crippen molar-refractivity contribution >= 4 is 17.7 Å². The second kappa shape index (κ2) is 7.79. The Morgan fingerprint density at radius 1 is 1.07 bits per heavy atom. The highest BCUT2D eigenvalue weighted by Gasteiger charge is 2.64. The van der Waals surface area contributed by atoms with Gasteiger partial charge in [-0.05, 0) is 54.7 Å². The number of nitrogens with zero attached hydrogens (tertiary/aromatic N) is 1. The molecule has 156 valence electrons. The zero-order valence-electron chi connectivity index (χ0n) is 16.5. The van der Waals surface area contributed by atoms with Crippen molar-refractivity contribution in [2.45, 2.75) is 31.8 Å². The number of carbonyl (C=O) groups is 3. The van der Waals surface area contributed by atoms with E-state index in [9.17, 15) is 14.4 Å². The summed E-state index contributed by atoms with van der Waals surface area (Å²) in [6.45, 7) is 1.79. The molecule has 0 radical (unpaired) electrons. The molecule has 2 aromatic rings. The number of hydrogen-bond donors (Lipinski definition) is 3. The van der Waals surface area contributed by atoms with Crippen LogP contribution in [-0.4, -0.2) is 46.5 Å². The van der Waals surface area contributed by atoms with Gasteiger partial charge in [-0.2, -0.15) is 0 Å². The van der Waals surface area contributed by atoms with Crippen molar-refractivity contribution in [3.63, 3.8) is 0 Å². The molecule has 1 heterocycles. The van der Waals surface area contributed by atoms with Gasteiger partial charge in [-0.15, -0.1) is 0 Å². The van der Waals surface area contributed by atoms with Crippen LogP contribution >= 0.6 is 0 Å². The van der Waals surface area contributed by atoms with E-state index in [1.807, 2.05) is 37.3 Å². The number of rotatable bonds is 6. The molecule has 3 unspecified atom stereocenters. The second-order valence-electron chi connectivity index (χ2n) is 7.99. The number of para-hydroxylation sites is 1. The van der Waals surface area contributed by atoms with Crippen molar-refractivity contribution in [3.05, 3.63) is 60.2 Å². The first-order valence-corrected chi connectivity index (χ1v) is 9.77. The van der Waals surface area contributed by atoms with Gasteiger partial charge >= 0.3 is 0 Å². The summed E-state index contributed by atoms with van der Waals surface area (Å²) in [5.74, 6) is -0.0453. The third-order valence-electron chi connectivity index (χ3n) is 5.83. The molecule has 1 aliphatic carbocycles. The van der Waals surface area contributed by atoms with Crippen molar-refractivity contribution in [2.24, 2.45) is 5.41 Å². The normalized spacial score (nSPS) is 24.0. The number of piperidine rings is 1. The van der Waals surface area contributed by atoms with Crippen molar-refractivity contribution < 1.29 is 24.3 Å². The summed E-state index contributed by atoms with van der Waals surface area (Å²) in [6, 6.07) is 15.2. The summed E-state index contributed by atoms with van der Waals surface area (Å²) >= 11 is 0. The Morgan fingerprint density at radius 3 is 2.40 bits per heavy atom. The van der Waals surface area contributed by atoms with E-state index in [0.29, 0.717) is 23.5 Å². The van der Waals surface area contributed by atoms with Crippen LogP contribution in [0.4, 0.5) is 0 Å². The molecular weight excluding hydrogens is 386 g/mol. The average molecular weight is 409 g/mol. The van der Waals surface area contributed by atoms with Crippen LogP contribution in [-0.2, 0) is 9.59 Å². The van der Waals surface area contributed by atoms with Gasteiger partial charge in [0.25, 0.3) is 11.8 Å². The predicted molar refractivity (Wildman–Crippen MR) is 107 cm³/mol. The van der Waals surface area contributed by atoms with Crippen molar-refractivity contribution in [3.8, 4) is 11.5 Å². The molecule has 1 saturated heterocycles. The molecular formula is C22H23N3O5. The molecule has 2 aliphatic rings. The zero-order valence-corrected chi connectivity index (χ0v) is 16.5. The Morgan fingerprint density at radius 2 is 1.73 bits per heavy atom. The van der Waals surface area contributed by atoms with E-state index in [0.717, 1.165) is 6.42 Å². The summed E-state index contributed by atoms with van der Waals surface area (Å²) in [6.07, 6.45) is 1.33. The lowest BCUT2D eigenvalue weighted by Crippen LogP contribution is -2.50. The van der Waals surface area contributed by atoms with E-state index in [2.05, 4.69) is 5.32 Å². The largest absolute Gasteiger partial charge is 0.457 e. The van der Waals surface area contributed by atoms with E-state index in [1.54, 1.807) is 29.7 Å². The molecule has 0 aromatic heterocycles. The van der Waals surface area contributed by atoms with E-state index in [1.165, 1.54) is 4.90 Å². The fraction of sp³-hybridized carbons (Fsp3) is 0.318. The maximum Gasteiger partial charge on any atom is 0.266 e. The molecule has 4 rings (SSSR count). The number of benzene rings is 2. The Kier molecular flexibility index (Phi) is 5.17. The topological polar surface area (TPSA) is 108 Å². The Bertz CT molecular complexity index is 962. The zero-order chi connectivity index (χ0) is 21.3. The first-order valence-electron chi connectivity index (χ1n) is 9.77. The average Bonchev–Trinajstić information content (AvgIpc) is 3.32. The van der Waals surface area contributed by atoms with Crippen LogP contribution in [0.5, 0.6) is 11.5 Å². The van der Waals surface area contributed by atoms with Crippen molar-refractivity contribution in [1.29, 1.82) is 0 Å². The van der Waals surface area contributed by atoms with Gasteiger partial charge in [0.05, 0.1) is 6.54 Å². The van der Waals surface area contributed by atoms with Crippen LogP contribution in [0.25, 0.3) is 0 Å². The molecule has 3 amide bonds. The molecule has 1 aliphatic heterocycles. The number of amides is 3. The molecule has 8 nitrogen and oxygen atoms in total. The maximum absolute atomic E-state index is 12.7. The highest BCUT2D eigenvalue weighted by molar-refractivity contribution is 5.97. The first-order chi connectivity index (χ1) is 14.4. The fourth-order valence-electron chi connectivity index (χ4n) is 4.08. The molecule has 0 bridgehead atoms.